The third kappa shape index (κ3) is 4.06. The Labute approximate surface area is 174 Å². The number of nitrogens with zero attached hydrogens (tertiary/aromatic N) is 5. The molecule has 4 aromatic rings. The van der Waals surface area contributed by atoms with E-state index in [0.29, 0.717) is 22.9 Å². The van der Waals surface area contributed by atoms with Crippen molar-refractivity contribution >= 4 is 23.5 Å². The highest BCUT2D eigenvalue weighted by Crippen LogP contribution is 2.19. The summed E-state index contributed by atoms with van der Waals surface area (Å²) in [7, 11) is 0. The van der Waals surface area contributed by atoms with E-state index in [9.17, 15) is 14.7 Å². The molecule has 2 N–H and O–H groups in total. The fourth-order valence-electron chi connectivity index (χ4n) is 2.81. The lowest BCUT2D eigenvalue weighted by Gasteiger charge is -2.09. The molecule has 0 saturated heterocycles. The number of halogens is 1. The van der Waals surface area contributed by atoms with Crippen LogP contribution < -0.4 is 11.2 Å². The lowest BCUT2D eigenvalue weighted by molar-refractivity contribution is 0.430. The largest absolute Gasteiger partial charge is 0.493 e. The van der Waals surface area contributed by atoms with Crippen molar-refractivity contribution in [1.82, 2.24) is 24.3 Å². The summed E-state index contributed by atoms with van der Waals surface area (Å²) in [5.41, 5.74) is 0.266. The number of H-pyrrole nitrogens is 1. The summed E-state index contributed by atoms with van der Waals surface area (Å²) < 4.78 is 2.66. The van der Waals surface area contributed by atoms with Crippen molar-refractivity contribution in [1.29, 1.82) is 0 Å². The van der Waals surface area contributed by atoms with Gasteiger partial charge in [-0.3, -0.25) is 14.8 Å². The Balaban J connectivity index is 1.63. The number of nitrogens with one attached hydrogen (secondary N) is 1. The molecule has 2 aromatic heterocycles. The minimum atomic E-state index is -0.769. The summed E-state index contributed by atoms with van der Waals surface area (Å²) in [5, 5.41) is 15.1. The fourth-order valence-corrected chi connectivity index (χ4v) is 2.94. The molecule has 0 bridgehead atoms. The number of hydrogen-bond donors (Lipinski definition) is 2. The molecule has 150 valence electrons. The van der Waals surface area contributed by atoms with Crippen LogP contribution in [0.2, 0.25) is 5.02 Å². The van der Waals surface area contributed by atoms with Gasteiger partial charge in [0, 0.05) is 11.2 Å². The Hall–Kier alpha value is -3.98. The van der Waals surface area contributed by atoms with E-state index in [1.54, 1.807) is 47.4 Å². The Bertz CT molecular complexity index is 1310. The summed E-state index contributed by atoms with van der Waals surface area (Å²) >= 11 is 5.87. The second-order valence-electron chi connectivity index (χ2n) is 6.33. The Morgan fingerprint density at radius 3 is 2.50 bits per heavy atom. The SMILES string of the molecule is O=c1[nH]c(=O)n(-c2ccc(Cl)cc2)c(O)c1C=Nc1ccc(Cn2cncn2)cc1. The van der Waals surface area contributed by atoms with Gasteiger partial charge in [-0.1, -0.05) is 23.7 Å². The van der Waals surface area contributed by atoms with E-state index in [1.807, 2.05) is 12.1 Å². The van der Waals surface area contributed by atoms with Gasteiger partial charge >= 0.3 is 5.69 Å². The summed E-state index contributed by atoms with van der Waals surface area (Å²) in [4.78, 5) is 34.7. The van der Waals surface area contributed by atoms with Crippen LogP contribution in [0, 0.1) is 0 Å². The molecule has 2 heterocycles. The third-order valence-electron chi connectivity index (χ3n) is 4.30. The second kappa shape index (κ2) is 8.18. The van der Waals surface area contributed by atoms with Crippen LogP contribution in [0.3, 0.4) is 0 Å². The van der Waals surface area contributed by atoms with Gasteiger partial charge in [-0.05, 0) is 42.0 Å². The maximum atomic E-state index is 12.2. The first-order valence-electron chi connectivity index (χ1n) is 8.81. The van der Waals surface area contributed by atoms with E-state index in [0.717, 1.165) is 10.1 Å². The molecule has 4 rings (SSSR count). The first-order valence-corrected chi connectivity index (χ1v) is 9.19. The van der Waals surface area contributed by atoms with Crippen molar-refractivity contribution in [3.8, 4) is 11.6 Å². The van der Waals surface area contributed by atoms with E-state index >= 15 is 0 Å². The zero-order chi connectivity index (χ0) is 21.1. The van der Waals surface area contributed by atoms with Crippen LogP contribution in [0.25, 0.3) is 5.69 Å². The number of benzene rings is 2. The smallest absolute Gasteiger partial charge is 0.335 e. The highest BCUT2D eigenvalue weighted by Gasteiger charge is 2.14. The van der Waals surface area contributed by atoms with Crippen LogP contribution >= 0.6 is 11.6 Å². The first kappa shape index (κ1) is 19.3. The minimum absolute atomic E-state index is 0.142. The van der Waals surface area contributed by atoms with Crippen LogP contribution in [-0.2, 0) is 6.54 Å². The first-order chi connectivity index (χ1) is 14.5. The van der Waals surface area contributed by atoms with Gasteiger partial charge in [0.1, 0.15) is 18.2 Å². The fraction of sp³-hybridized carbons (Fsp3) is 0.0500. The van der Waals surface area contributed by atoms with Crippen molar-refractivity contribution in [2.75, 3.05) is 0 Å². The van der Waals surface area contributed by atoms with Gasteiger partial charge < -0.3 is 5.11 Å². The molecule has 0 fully saturated rings. The van der Waals surface area contributed by atoms with Crippen molar-refractivity contribution in [2.45, 2.75) is 6.54 Å². The van der Waals surface area contributed by atoms with Gasteiger partial charge in [0.2, 0.25) is 5.88 Å². The molecule has 9 nitrogen and oxygen atoms in total. The number of rotatable bonds is 5. The number of aromatic nitrogens is 5. The number of aromatic amines is 1. The highest BCUT2D eigenvalue weighted by atomic mass is 35.5. The molecule has 2 aromatic carbocycles. The van der Waals surface area contributed by atoms with Crippen LogP contribution in [0.15, 0.2) is 75.8 Å². The van der Waals surface area contributed by atoms with E-state index in [-0.39, 0.29) is 5.56 Å². The normalized spacial score (nSPS) is 11.2. The lowest BCUT2D eigenvalue weighted by atomic mass is 10.2. The molecule has 0 aliphatic rings. The molecular weight excluding hydrogens is 408 g/mol. The Morgan fingerprint density at radius 2 is 1.83 bits per heavy atom. The zero-order valence-electron chi connectivity index (χ0n) is 15.4. The summed E-state index contributed by atoms with van der Waals surface area (Å²) in [5.74, 6) is -0.516. The molecule has 0 spiro atoms. The molecular formula is C20H15ClN6O3. The molecule has 0 unspecified atom stereocenters. The van der Waals surface area contributed by atoms with Crippen molar-refractivity contribution in [3.63, 3.8) is 0 Å². The van der Waals surface area contributed by atoms with Gasteiger partial charge in [-0.15, -0.1) is 0 Å². The summed E-state index contributed by atoms with van der Waals surface area (Å²) in [6.07, 6.45) is 4.30. The van der Waals surface area contributed by atoms with Gasteiger partial charge in [0.25, 0.3) is 5.56 Å². The van der Waals surface area contributed by atoms with Gasteiger partial charge in [-0.25, -0.2) is 19.0 Å². The lowest BCUT2D eigenvalue weighted by Crippen LogP contribution is -2.31. The Kier molecular flexibility index (Phi) is 5.27. The average Bonchev–Trinajstić information content (AvgIpc) is 3.23. The standard InChI is InChI=1S/C20H15ClN6O3/c21-14-3-7-16(8-4-14)27-19(29)17(18(28)25-20(27)30)9-23-15-5-1-13(2-6-15)10-26-12-22-11-24-26/h1-9,11-12,29H,10H2,(H,25,28,30). The maximum Gasteiger partial charge on any atom is 0.335 e. The molecule has 0 atom stereocenters. The molecule has 0 aliphatic heterocycles. The van der Waals surface area contributed by atoms with Gasteiger partial charge in [-0.2, -0.15) is 5.10 Å². The number of hydrogen-bond acceptors (Lipinski definition) is 6. The highest BCUT2D eigenvalue weighted by molar-refractivity contribution is 6.30. The van der Waals surface area contributed by atoms with E-state index in [4.69, 9.17) is 11.6 Å². The topological polar surface area (TPSA) is 118 Å². The quantitative estimate of drug-likeness (QED) is 0.478. The monoisotopic (exact) mass is 422 g/mol. The predicted molar refractivity (Wildman–Crippen MR) is 112 cm³/mol. The second-order valence-corrected chi connectivity index (χ2v) is 6.76. The predicted octanol–water partition coefficient (Wildman–Crippen LogP) is 2.28. The molecule has 0 radical (unpaired) electrons. The van der Waals surface area contributed by atoms with Crippen molar-refractivity contribution < 1.29 is 5.11 Å². The Morgan fingerprint density at radius 1 is 1.10 bits per heavy atom. The van der Waals surface area contributed by atoms with Crippen molar-refractivity contribution in [2.24, 2.45) is 4.99 Å². The molecule has 10 heteroatoms. The van der Waals surface area contributed by atoms with Crippen LogP contribution in [-0.4, -0.2) is 35.6 Å². The molecule has 0 amide bonds. The van der Waals surface area contributed by atoms with Crippen molar-refractivity contribution in [3.05, 3.63) is 98.2 Å². The minimum Gasteiger partial charge on any atom is -0.493 e. The zero-order valence-corrected chi connectivity index (χ0v) is 16.2. The van der Waals surface area contributed by atoms with Gasteiger partial charge in [0.15, 0.2) is 0 Å². The van der Waals surface area contributed by atoms with E-state index in [2.05, 4.69) is 20.1 Å². The van der Waals surface area contributed by atoms with Crippen LogP contribution in [0.5, 0.6) is 5.88 Å². The third-order valence-corrected chi connectivity index (χ3v) is 4.55. The summed E-state index contributed by atoms with van der Waals surface area (Å²) in [6.45, 7) is 0.566. The number of aliphatic imine (C=N–C) groups is 1. The van der Waals surface area contributed by atoms with Gasteiger partial charge in [0.05, 0.1) is 17.9 Å². The molecule has 0 aliphatic carbocycles. The average molecular weight is 423 g/mol. The van der Waals surface area contributed by atoms with E-state index in [1.165, 1.54) is 12.5 Å². The number of aromatic hydroxyl groups is 1. The maximum absolute atomic E-state index is 12.2. The van der Waals surface area contributed by atoms with Crippen LogP contribution in [0.1, 0.15) is 11.1 Å². The summed E-state index contributed by atoms with van der Waals surface area (Å²) in [6, 6.07) is 13.5. The molecule has 30 heavy (non-hydrogen) atoms. The van der Waals surface area contributed by atoms with E-state index < -0.39 is 17.1 Å². The van der Waals surface area contributed by atoms with Crippen LogP contribution in [0.4, 0.5) is 5.69 Å². The molecule has 0 saturated carbocycles.